The molecule has 0 radical (unpaired) electrons. The smallest absolute Gasteiger partial charge is 0.194 e. The number of fused-ring (bicyclic) bond motifs is 2. The molecule has 0 unspecified atom stereocenters. The zero-order chi connectivity index (χ0) is 16.8. The largest absolute Gasteiger partial charge is 0.289 e. The monoisotopic (exact) mass is 338 g/mol. The van der Waals surface area contributed by atoms with E-state index in [-0.39, 0.29) is 5.78 Å². The Morgan fingerprint density at radius 2 is 1.28 bits per heavy atom. The van der Waals surface area contributed by atoms with Crippen LogP contribution >= 0.6 is 11.8 Å². The molecule has 0 fully saturated rings. The molecule has 4 aromatic carbocycles. The molecule has 1 aliphatic carbocycles. The van der Waals surface area contributed by atoms with Crippen molar-refractivity contribution in [1.82, 2.24) is 0 Å². The van der Waals surface area contributed by atoms with E-state index >= 15 is 0 Å². The highest BCUT2D eigenvalue weighted by molar-refractivity contribution is 7.99. The molecule has 0 N–H and O–H groups in total. The lowest BCUT2D eigenvalue weighted by Crippen LogP contribution is -2.09. The van der Waals surface area contributed by atoms with Crippen molar-refractivity contribution in [1.29, 1.82) is 0 Å². The van der Waals surface area contributed by atoms with Crippen LogP contribution in [0.5, 0.6) is 0 Å². The fraction of sp³-hybridized carbons (Fsp3) is 0. The summed E-state index contributed by atoms with van der Waals surface area (Å²) in [5.41, 5.74) is 3.79. The van der Waals surface area contributed by atoms with Gasteiger partial charge in [-0.3, -0.25) is 4.79 Å². The summed E-state index contributed by atoms with van der Waals surface area (Å²) in [7, 11) is 0. The third kappa shape index (κ3) is 2.22. The molecule has 1 nitrogen and oxygen atoms in total. The summed E-state index contributed by atoms with van der Waals surface area (Å²) in [5, 5.41) is 2.22. The predicted octanol–water partition coefficient (Wildman–Crippen LogP) is 6.20. The van der Waals surface area contributed by atoms with E-state index in [1.54, 1.807) is 11.8 Å². The van der Waals surface area contributed by atoms with Gasteiger partial charge in [0.05, 0.1) is 0 Å². The second-order valence-electron chi connectivity index (χ2n) is 6.13. The lowest BCUT2D eigenvalue weighted by Gasteiger charge is -2.21. The molecule has 0 spiro atoms. The summed E-state index contributed by atoms with van der Waals surface area (Å²) in [6, 6.07) is 28.6. The van der Waals surface area contributed by atoms with E-state index in [1.165, 1.54) is 9.79 Å². The van der Waals surface area contributed by atoms with Crippen molar-refractivity contribution < 1.29 is 4.79 Å². The molecule has 0 bridgehead atoms. The van der Waals surface area contributed by atoms with Gasteiger partial charge in [-0.2, -0.15) is 0 Å². The maximum Gasteiger partial charge on any atom is 0.194 e. The quantitative estimate of drug-likeness (QED) is 0.381. The Kier molecular flexibility index (Phi) is 3.25. The van der Waals surface area contributed by atoms with Gasteiger partial charge >= 0.3 is 0 Å². The Hall–Kier alpha value is -2.84. The molecule has 0 heterocycles. The molecule has 1 aliphatic rings. The van der Waals surface area contributed by atoms with Gasteiger partial charge in [0.1, 0.15) is 0 Å². The van der Waals surface area contributed by atoms with E-state index in [1.807, 2.05) is 54.6 Å². The van der Waals surface area contributed by atoms with Crippen LogP contribution in [-0.4, -0.2) is 5.78 Å². The molecule has 0 aromatic heterocycles. The van der Waals surface area contributed by atoms with Crippen LogP contribution in [0.4, 0.5) is 0 Å². The minimum Gasteiger partial charge on any atom is -0.289 e. The van der Waals surface area contributed by atoms with Crippen molar-refractivity contribution in [2.45, 2.75) is 9.79 Å². The molecule has 118 valence electrons. The Balaban J connectivity index is 1.79. The van der Waals surface area contributed by atoms with Crippen molar-refractivity contribution in [2.24, 2.45) is 0 Å². The van der Waals surface area contributed by atoms with Gasteiger partial charge in [-0.25, -0.2) is 0 Å². The van der Waals surface area contributed by atoms with E-state index in [2.05, 4.69) is 30.3 Å². The van der Waals surface area contributed by atoms with Gasteiger partial charge in [0.25, 0.3) is 0 Å². The van der Waals surface area contributed by atoms with Crippen LogP contribution in [-0.2, 0) is 0 Å². The molecule has 4 aromatic rings. The summed E-state index contributed by atoms with van der Waals surface area (Å²) < 4.78 is 0. The minimum absolute atomic E-state index is 0.121. The standard InChI is InChI=1S/C23H14OS/c24-23-18-10-5-4-9-16(18)17-13-14-21(25-15-7-2-1-3-8-15)19-11-6-12-20(23)22(17)19/h1-14H. The summed E-state index contributed by atoms with van der Waals surface area (Å²) in [4.78, 5) is 15.3. The SMILES string of the molecule is O=C1c2ccccc2-c2ccc(Sc3ccccc3)c3cccc1c23. The molecule has 0 amide bonds. The van der Waals surface area contributed by atoms with E-state index in [0.717, 1.165) is 33.0 Å². The number of rotatable bonds is 2. The van der Waals surface area contributed by atoms with Gasteiger partial charge in [-0.1, -0.05) is 78.5 Å². The number of ketones is 1. The molecule has 2 heteroatoms. The van der Waals surface area contributed by atoms with E-state index < -0.39 is 0 Å². The number of hydrogen-bond donors (Lipinski definition) is 0. The fourth-order valence-corrected chi connectivity index (χ4v) is 4.52. The number of carbonyl (C=O) groups excluding carboxylic acids is 1. The van der Waals surface area contributed by atoms with Gasteiger partial charge in [0.15, 0.2) is 5.78 Å². The zero-order valence-corrected chi connectivity index (χ0v) is 14.2. The average Bonchev–Trinajstić information content (AvgIpc) is 2.68. The first-order valence-electron chi connectivity index (χ1n) is 8.26. The van der Waals surface area contributed by atoms with E-state index in [9.17, 15) is 4.79 Å². The highest BCUT2D eigenvalue weighted by atomic mass is 32.2. The van der Waals surface area contributed by atoms with Gasteiger partial charge in [-0.15, -0.1) is 0 Å². The number of carbonyl (C=O) groups is 1. The summed E-state index contributed by atoms with van der Waals surface area (Å²) in [6.07, 6.45) is 0. The fourth-order valence-electron chi connectivity index (χ4n) is 3.56. The predicted molar refractivity (Wildman–Crippen MR) is 103 cm³/mol. The second-order valence-corrected chi connectivity index (χ2v) is 7.24. The lowest BCUT2D eigenvalue weighted by molar-refractivity contribution is 0.104. The molecular formula is C23H14OS. The van der Waals surface area contributed by atoms with Crippen molar-refractivity contribution in [3.05, 3.63) is 96.1 Å². The Labute approximate surface area is 150 Å². The van der Waals surface area contributed by atoms with Gasteiger partial charge in [0.2, 0.25) is 0 Å². The summed E-state index contributed by atoms with van der Waals surface area (Å²) >= 11 is 1.74. The summed E-state index contributed by atoms with van der Waals surface area (Å²) in [5.74, 6) is 0.121. The van der Waals surface area contributed by atoms with E-state index in [4.69, 9.17) is 0 Å². The second kappa shape index (κ2) is 5.61. The highest BCUT2D eigenvalue weighted by Crippen LogP contribution is 2.43. The Bertz CT molecular complexity index is 1130. The van der Waals surface area contributed by atoms with Gasteiger partial charge in [0, 0.05) is 26.3 Å². The van der Waals surface area contributed by atoms with Crippen molar-refractivity contribution in [3.8, 4) is 11.1 Å². The number of benzene rings is 4. The third-order valence-corrected chi connectivity index (χ3v) is 5.76. The molecule has 0 atom stereocenters. The summed E-state index contributed by atoms with van der Waals surface area (Å²) in [6.45, 7) is 0. The first-order valence-corrected chi connectivity index (χ1v) is 9.07. The lowest BCUT2D eigenvalue weighted by atomic mass is 9.83. The van der Waals surface area contributed by atoms with Crippen molar-refractivity contribution >= 4 is 28.3 Å². The molecule has 0 saturated carbocycles. The van der Waals surface area contributed by atoms with Crippen LogP contribution in [0.1, 0.15) is 15.9 Å². The molecule has 5 rings (SSSR count). The van der Waals surface area contributed by atoms with Crippen molar-refractivity contribution in [3.63, 3.8) is 0 Å². The van der Waals surface area contributed by atoms with E-state index in [0.29, 0.717) is 0 Å². The molecule has 25 heavy (non-hydrogen) atoms. The van der Waals surface area contributed by atoms with Crippen LogP contribution in [0.2, 0.25) is 0 Å². The Morgan fingerprint density at radius 1 is 0.560 bits per heavy atom. The highest BCUT2D eigenvalue weighted by Gasteiger charge is 2.25. The van der Waals surface area contributed by atoms with Crippen LogP contribution in [0.25, 0.3) is 21.9 Å². The molecular weight excluding hydrogens is 324 g/mol. The Morgan fingerprint density at radius 3 is 2.12 bits per heavy atom. The first kappa shape index (κ1) is 14.5. The normalized spacial score (nSPS) is 12.2. The third-order valence-electron chi connectivity index (χ3n) is 4.68. The van der Waals surface area contributed by atoms with Crippen LogP contribution < -0.4 is 0 Å². The van der Waals surface area contributed by atoms with Crippen LogP contribution in [0.15, 0.2) is 94.7 Å². The zero-order valence-electron chi connectivity index (χ0n) is 13.4. The average molecular weight is 338 g/mol. The van der Waals surface area contributed by atoms with Crippen LogP contribution in [0.3, 0.4) is 0 Å². The van der Waals surface area contributed by atoms with Crippen LogP contribution in [0, 0.1) is 0 Å². The van der Waals surface area contributed by atoms with Gasteiger partial charge in [-0.05, 0) is 34.7 Å². The maximum atomic E-state index is 13.0. The maximum absolute atomic E-state index is 13.0. The topological polar surface area (TPSA) is 17.1 Å². The number of hydrogen-bond acceptors (Lipinski definition) is 2. The first-order chi connectivity index (χ1) is 12.3. The molecule has 0 saturated heterocycles. The minimum atomic E-state index is 0.121. The van der Waals surface area contributed by atoms with Crippen molar-refractivity contribution in [2.75, 3.05) is 0 Å². The molecule has 0 aliphatic heterocycles. The van der Waals surface area contributed by atoms with Gasteiger partial charge < -0.3 is 0 Å².